The molecule has 0 aliphatic carbocycles. The molecule has 0 saturated carbocycles. The van der Waals surface area contributed by atoms with Gasteiger partial charge in [-0.05, 0) is 41.7 Å². The van der Waals surface area contributed by atoms with Crippen molar-refractivity contribution in [3.63, 3.8) is 0 Å². The average molecular weight is 350 g/mol. The van der Waals surface area contributed by atoms with E-state index in [-0.39, 0.29) is 24.2 Å². The Bertz CT molecular complexity index is 766. The lowest BCUT2D eigenvalue weighted by Gasteiger charge is -2.17. The maximum absolute atomic E-state index is 12.5. The molecule has 0 bridgehead atoms. The van der Waals surface area contributed by atoms with E-state index in [1.54, 1.807) is 4.90 Å². The summed E-state index contributed by atoms with van der Waals surface area (Å²) in [6, 6.07) is 16.3. The number of nitrogens with one attached hydrogen (secondary N) is 1. The third kappa shape index (κ3) is 4.13. The van der Waals surface area contributed by atoms with Crippen molar-refractivity contribution in [1.82, 2.24) is 5.32 Å². The fourth-order valence-corrected chi connectivity index (χ4v) is 3.27. The maximum atomic E-state index is 12.5. The molecular weight excluding hydrogens is 324 g/mol. The summed E-state index contributed by atoms with van der Waals surface area (Å²) in [5.74, 6) is -0.324. The van der Waals surface area contributed by atoms with Gasteiger partial charge in [-0.3, -0.25) is 9.59 Å². The van der Waals surface area contributed by atoms with Crippen molar-refractivity contribution in [3.8, 4) is 0 Å². The van der Waals surface area contributed by atoms with E-state index in [1.165, 1.54) is 11.1 Å². The highest BCUT2D eigenvalue weighted by atomic mass is 16.2. The Balaban J connectivity index is 1.57. The monoisotopic (exact) mass is 350 g/mol. The largest absolute Gasteiger partial charge is 0.352 e. The van der Waals surface area contributed by atoms with Gasteiger partial charge in [-0.2, -0.15) is 0 Å². The molecular formula is C22H26N2O2. The summed E-state index contributed by atoms with van der Waals surface area (Å²) in [6.07, 6.45) is 2.25. The zero-order valence-electron chi connectivity index (χ0n) is 15.5. The van der Waals surface area contributed by atoms with Gasteiger partial charge >= 0.3 is 0 Å². The van der Waals surface area contributed by atoms with Crippen molar-refractivity contribution in [2.75, 3.05) is 11.4 Å². The molecule has 1 fully saturated rings. The van der Waals surface area contributed by atoms with E-state index in [1.807, 2.05) is 36.4 Å². The Morgan fingerprint density at radius 1 is 0.962 bits per heavy atom. The molecule has 1 N–H and O–H groups in total. The Morgan fingerprint density at radius 3 is 2.08 bits per heavy atom. The Hall–Kier alpha value is -2.62. The van der Waals surface area contributed by atoms with Crippen LogP contribution < -0.4 is 10.2 Å². The highest BCUT2D eigenvalue weighted by molar-refractivity contribution is 6.00. The molecule has 2 aromatic carbocycles. The van der Waals surface area contributed by atoms with Crippen molar-refractivity contribution < 1.29 is 9.59 Å². The minimum atomic E-state index is -0.289. The highest BCUT2D eigenvalue weighted by Crippen LogP contribution is 2.25. The molecule has 26 heavy (non-hydrogen) atoms. The van der Waals surface area contributed by atoms with Crippen LogP contribution in [0.25, 0.3) is 0 Å². The molecule has 0 unspecified atom stereocenters. The van der Waals surface area contributed by atoms with Crippen molar-refractivity contribution in [2.24, 2.45) is 5.92 Å². The predicted octanol–water partition coefficient (Wildman–Crippen LogP) is 3.48. The Labute approximate surface area is 155 Å². The Morgan fingerprint density at radius 2 is 1.50 bits per heavy atom. The molecule has 4 nitrogen and oxygen atoms in total. The van der Waals surface area contributed by atoms with Crippen LogP contribution in [-0.4, -0.2) is 18.4 Å². The average Bonchev–Trinajstić information content (AvgIpc) is 3.08. The summed E-state index contributed by atoms with van der Waals surface area (Å²) >= 11 is 0. The molecule has 136 valence electrons. The summed E-state index contributed by atoms with van der Waals surface area (Å²) in [5, 5.41) is 2.97. The van der Waals surface area contributed by atoms with Crippen LogP contribution in [0.3, 0.4) is 0 Å². The standard InChI is InChI=1S/C22H26N2O2/c1-3-16-5-7-18(8-6-16)14-23-22(26)19-13-21(25)24(15-19)20-11-9-17(4-2)10-12-20/h5-12,19H,3-4,13-15H2,1-2H3,(H,23,26)/t19-/m0/s1. The van der Waals surface area contributed by atoms with Crippen LogP contribution in [0.15, 0.2) is 48.5 Å². The first kappa shape index (κ1) is 18.2. The molecule has 1 saturated heterocycles. The van der Waals surface area contributed by atoms with Crippen LogP contribution in [-0.2, 0) is 29.0 Å². The van der Waals surface area contributed by atoms with Crippen LogP contribution >= 0.6 is 0 Å². The predicted molar refractivity (Wildman–Crippen MR) is 104 cm³/mol. The normalized spacial score (nSPS) is 16.8. The molecule has 2 aromatic rings. The number of carbonyl (C=O) groups excluding carboxylic acids is 2. The molecule has 1 heterocycles. The second-order valence-electron chi connectivity index (χ2n) is 6.81. The van der Waals surface area contributed by atoms with E-state index >= 15 is 0 Å². The van der Waals surface area contributed by atoms with Crippen molar-refractivity contribution in [3.05, 3.63) is 65.2 Å². The van der Waals surface area contributed by atoms with Crippen LogP contribution in [0.4, 0.5) is 5.69 Å². The van der Waals surface area contributed by atoms with Crippen LogP contribution in [0.2, 0.25) is 0 Å². The van der Waals surface area contributed by atoms with Crippen molar-refractivity contribution in [1.29, 1.82) is 0 Å². The number of anilines is 1. The fourth-order valence-electron chi connectivity index (χ4n) is 3.27. The summed E-state index contributed by atoms with van der Waals surface area (Å²) in [7, 11) is 0. The first-order chi connectivity index (χ1) is 12.6. The molecule has 2 amide bonds. The number of aryl methyl sites for hydroxylation is 2. The number of nitrogens with zero attached hydrogens (tertiary/aromatic N) is 1. The van der Waals surface area contributed by atoms with Crippen LogP contribution in [0, 0.1) is 5.92 Å². The lowest BCUT2D eigenvalue weighted by molar-refractivity contribution is -0.126. The minimum Gasteiger partial charge on any atom is -0.352 e. The van der Waals surface area contributed by atoms with Crippen molar-refractivity contribution in [2.45, 2.75) is 39.7 Å². The zero-order valence-corrected chi connectivity index (χ0v) is 15.5. The second kappa shape index (κ2) is 8.17. The molecule has 1 aliphatic rings. The second-order valence-corrected chi connectivity index (χ2v) is 6.81. The molecule has 1 aliphatic heterocycles. The minimum absolute atomic E-state index is 0.0155. The number of rotatable bonds is 6. The first-order valence-corrected chi connectivity index (χ1v) is 9.35. The van der Waals surface area contributed by atoms with E-state index in [2.05, 4.69) is 31.3 Å². The van der Waals surface area contributed by atoms with Gasteiger partial charge in [-0.15, -0.1) is 0 Å². The van der Waals surface area contributed by atoms with Gasteiger partial charge in [0.1, 0.15) is 0 Å². The van der Waals surface area contributed by atoms with E-state index < -0.39 is 0 Å². The van der Waals surface area contributed by atoms with Gasteiger partial charge in [-0.25, -0.2) is 0 Å². The summed E-state index contributed by atoms with van der Waals surface area (Å²) < 4.78 is 0. The number of hydrogen-bond donors (Lipinski definition) is 1. The van der Waals surface area contributed by atoms with Gasteiger partial charge in [-0.1, -0.05) is 50.2 Å². The molecule has 0 spiro atoms. The third-order valence-corrected chi connectivity index (χ3v) is 5.05. The van der Waals surface area contributed by atoms with Gasteiger partial charge in [0.25, 0.3) is 0 Å². The topological polar surface area (TPSA) is 49.4 Å². The smallest absolute Gasteiger partial charge is 0.227 e. The quantitative estimate of drug-likeness (QED) is 0.867. The van der Waals surface area contributed by atoms with Crippen LogP contribution in [0.1, 0.15) is 37.0 Å². The third-order valence-electron chi connectivity index (χ3n) is 5.05. The van der Waals surface area contributed by atoms with Crippen LogP contribution in [0.5, 0.6) is 0 Å². The number of benzene rings is 2. The zero-order chi connectivity index (χ0) is 18.5. The Kier molecular flexibility index (Phi) is 5.71. The number of carbonyl (C=O) groups is 2. The first-order valence-electron chi connectivity index (χ1n) is 9.35. The molecule has 4 heteroatoms. The molecule has 0 radical (unpaired) electrons. The lowest BCUT2D eigenvalue weighted by atomic mass is 10.1. The van der Waals surface area contributed by atoms with E-state index in [0.29, 0.717) is 13.1 Å². The maximum Gasteiger partial charge on any atom is 0.227 e. The van der Waals surface area contributed by atoms with Gasteiger partial charge in [0.05, 0.1) is 5.92 Å². The van der Waals surface area contributed by atoms with Gasteiger partial charge in [0, 0.05) is 25.2 Å². The molecule has 1 atom stereocenters. The molecule has 3 rings (SSSR count). The lowest BCUT2D eigenvalue weighted by Crippen LogP contribution is -2.32. The van der Waals surface area contributed by atoms with Crippen molar-refractivity contribution >= 4 is 17.5 Å². The van der Waals surface area contributed by atoms with E-state index in [4.69, 9.17) is 0 Å². The van der Waals surface area contributed by atoms with Gasteiger partial charge in [0.15, 0.2) is 0 Å². The number of amides is 2. The highest BCUT2D eigenvalue weighted by Gasteiger charge is 2.34. The summed E-state index contributed by atoms with van der Waals surface area (Å²) in [4.78, 5) is 26.5. The fraction of sp³-hybridized carbons (Fsp3) is 0.364. The number of hydrogen-bond acceptors (Lipinski definition) is 2. The summed E-state index contributed by atoms with van der Waals surface area (Å²) in [5.41, 5.74) is 4.47. The summed E-state index contributed by atoms with van der Waals surface area (Å²) in [6.45, 7) is 5.17. The van der Waals surface area contributed by atoms with E-state index in [0.717, 1.165) is 24.1 Å². The SMILES string of the molecule is CCc1ccc(CNC(=O)[C@H]2CC(=O)N(c3ccc(CC)cc3)C2)cc1. The molecule has 0 aromatic heterocycles. The van der Waals surface area contributed by atoms with Gasteiger partial charge < -0.3 is 10.2 Å². The van der Waals surface area contributed by atoms with Gasteiger partial charge in [0.2, 0.25) is 11.8 Å². The van der Waals surface area contributed by atoms with E-state index in [9.17, 15) is 9.59 Å².